The summed E-state index contributed by atoms with van der Waals surface area (Å²) in [5, 5.41) is 0.576. The molecule has 0 aliphatic rings. The molecule has 0 fully saturated rings. The van der Waals surface area contributed by atoms with E-state index >= 15 is 0 Å². The average Bonchev–Trinajstić information content (AvgIpc) is 2.05. The topological polar surface area (TPSA) is 67.0 Å². The van der Waals surface area contributed by atoms with Crippen LogP contribution >= 0.6 is 11.8 Å². The minimum atomic E-state index is -0.148. The van der Waals surface area contributed by atoms with Crippen LogP contribution < -0.4 is 11.0 Å². The molecule has 1 heterocycles. The lowest BCUT2D eigenvalue weighted by Gasteiger charge is -1.99. The summed E-state index contributed by atoms with van der Waals surface area (Å²) in [6.07, 6.45) is 1.47. The molecule has 0 saturated carbocycles. The summed E-state index contributed by atoms with van der Waals surface area (Å²) in [5.41, 5.74) is 2.47. The number of aromatic nitrogens is 2. The van der Waals surface area contributed by atoms with Crippen molar-refractivity contribution in [3.8, 4) is 0 Å². The van der Waals surface area contributed by atoms with E-state index in [4.69, 9.17) is 0 Å². The summed E-state index contributed by atoms with van der Waals surface area (Å²) in [6.45, 7) is 0. The van der Waals surface area contributed by atoms with Crippen molar-refractivity contribution >= 4 is 11.8 Å². The smallest absolute Gasteiger partial charge is 0.251 e. The van der Waals surface area contributed by atoms with E-state index in [2.05, 4.69) is 20.3 Å². The van der Waals surface area contributed by atoms with Gasteiger partial charge in [-0.25, -0.2) is 4.98 Å². The summed E-state index contributed by atoms with van der Waals surface area (Å²) in [7, 11) is 1.53. The van der Waals surface area contributed by atoms with Gasteiger partial charge in [-0.3, -0.25) is 4.79 Å². The maximum absolute atomic E-state index is 10.8. The van der Waals surface area contributed by atoms with Crippen LogP contribution in [-0.2, 0) is 4.84 Å². The molecule has 0 aliphatic heterocycles. The van der Waals surface area contributed by atoms with Gasteiger partial charge in [-0.1, -0.05) is 11.8 Å². The quantitative estimate of drug-likeness (QED) is 0.228. The molecule has 0 unspecified atom stereocenters. The standard InChI is InChI=1S/C6H9N3O2S/c1-11-8-4-12-6-7-3-2-5(10)9-6/h2-3,8H,4H2,1H3,(H,7,9,10). The van der Waals surface area contributed by atoms with Crippen molar-refractivity contribution in [1.82, 2.24) is 15.4 Å². The Labute approximate surface area is 73.5 Å². The molecule has 0 saturated heterocycles. The van der Waals surface area contributed by atoms with Crippen molar-refractivity contribution in [2.75, 3.05) is 13.0 Å². The summed E-state index contributed by atoms with van der Waals surface area (Å²) in [6, 6.07) is 1.37. The van der Waals surface area contributed by atoms with Crippen molar-refractivity contribution in [1.29, 1.82) is 0 Å². The number of thioether (sulfide) groups is 1. The molecule has 0 spiro atoms. The summed E-state index contributed by atoms with van der Waals surface area (Å²) in [5.74, 6) is 0.545. The monoisotopic (exact) mass is 187 g/mol. The minimum absolute atomic E-state index is 0.148. The molecule has 12 heavy (non-hydrogen) atoms. The van der Waals surface area contributed by atoms with E-state index in [0.29, 0.717) is 11.0 Å². The van der Waals surface area contributed by atoms with Crippen LogP contribution in [-0.4, -0.2) is 23.0 Å². The lowest BCUT2D eigenvalue weighted by atomic mass is 10.7. The maximum Gasteiger partial charge on any atom is 0.251 e. The zero-order valence-corrected chi connectivity index (χ0v) is 7.35. The van der Waals surface area contributed by atoms with Gasteiger partial charge in [-0.2, -0.15) is 5.48 Å². The van der Waals surface area contributed by atoms with E-state index in [-0.39, 0.29) is 5.56 Å². The number of hydrogen-bond donors (Lipinski definition) is 2. The summed E-state index contributed by atoms with van der Waals surface area (Å²) < 4.78 is 0. The van der Waals surface area contributed by atoms with Gasteiger partial charge in [0.25, 0.3) is 5.56 Å². The van der Waals surface area contributed by atoms with E-state index in [0.717, 1.165) is 0 Å². The fraction of sp³-hybridized carbons (Fsp3) is 0.333. The van der Waals surface area contributed by atoms with Crippen LogP contribution in [0.1, 0.15) is 0 Å². The van der Waals surface area contributed by atoms with Gasteiger partial charge < -0.3 is 9.82 Å². The van der Waals surface area contributed by atoms with Crippen molar-refractivity contribution < 1.29 is 4.84 Å². The molecule has 1 rings (SSSR count). The fourth-order valence-corrected chi connectivity index (χ4v) is 1.20. The average molecular weight is 187 g/mol. The molecule has 2 N–H and O–H groups in total. The molecule has 1 aromatic rings. The second kappa shape index (κ2) is 4.91. The molecule has 0 bridgehead atoms. The molecular weight excluding hydrogens is 178 g/mol. The third-order valence-electron chi connectivity index (χ3n) is 1.06. The van der Waals surface area contributed by atoms with Gasteiger partial charge >= 0.3 is 0 Å². The molecular formula is C6H9N3O2S. The Bertz CT molecular complexity index is 288. The van der Waals surface area contributed by atoms with Gasteiger partial charge in [0, 0.05) is 12.3 Å². The van der Waals surface area contributed by atoms with E-state index < -0.39 is 0 Å². The molecule has 0 aromatic carbocycles. The SMILES string of the molecule is CONCSc1nccc(=O)[nH]1. The lowest BCUT2D eigenvalue weighted by molar-refractivity contribution is 0.107. The molecule has 0 aliphatic carbocycles. The second-order valence-electron chi connectivity index (χ2n) is 1.88. The van der Waals surface area contributed by atoms with Crippen LogP contribution in [0.25, 0.3) is 0 Å². The highest BCUT2D eigenvalue weighted by molar-refractivity contribution is 7.99. The van der Waals surface area contributed by atoms with Crippen LogP contribution in [0.2, 0.25) is 0 Å². The Morgan fingerprint density at radius 2 is 2.67 bits per heavy atom. The van der Waals surface area contributed by atoms with Crippen LogP contribution in [0, 0.1) is 0 Å². The molecule has 0 radical (unpaired) electrons. The fourth-order valence-electron chi connectivity index (χ4n) is 0.582. The number of aromatic amines is 1. The predicted octanol–water partition coefficient (Wildman–Crippen LogP) is -0.0295. The van der Waals surface area contributed by atoms with Gasteiger partial charge in [0.05, 0.1) is 13.0 Å². The first kappa shape index (κ1) is 9.24. The van der Waals surface area contributed by atoms with Gasteiger partial charge in [-0.05, 0) is 0 Å². The Morgan fingerprint density at radius 1 is 1.83 bits per heavy atom. The highest BCUT2D eigenvalue weighted by Gasteiger charge is 1.93. The minimum Gasteiger partial charge on any atom is -0.304 e. The number of nitrogens with one attached hydrogen (secondary N) is 2. The maximum atomic E-state index is 10.8. The molecule has 0 atom stereocenters. The van der Waals surface area contributed by atoms with E-state index in [9.17, 15) is 4.79 Å². The normalized spacial score (nSPS) is 10.1. The summed E-state index contributed by atoms with van der Waals surface area (Å²) in [4.78, 5) is 21.9. The first-order valence-corrected chi connectivity index (χ1v) is 4.25. The van der Waals surface area contributed by atoms with Gasteiger partial charge in [0.1, 0.15) is 0 Å². The molecule has 5 nitrogen and oxygen atoms in total. The van der Waals surface area contributed by atoms with E-state index in [1.807, 2.05) is 0 Å². The summed E-state index contributed by atoms with van der Waals surface area (Å²) >= 11 is 1.36. The lowest BCUT2D eigenvalue weighted by Crippen LogP contribution is -2.12. The van der Waals surface area contributed by atoms with Crippen LogP contribution in [0.5, 0.6) is 0 Å². The Hall–Kier alpha value is -0.850. The Morgan fingerprint density at radius 3 is 3.33 bits per heavy atom. The number of nitrogens with zero attached hydrogens (tertiary/aromatic N) is 1. The Balaban J connectivity index is 2.47. The first-order chi connectivity index (χ1) is 5.83. The van der Waals surface area contributed by atoms with Crippen molar-refractivity contribution in [3.63, 3.8) is 0 Å². The molecule has 0 amide bonds. The third kappa shape index (κ3) is 3.04. The van der Waals surface area contributed by atoms with Crippen LogP contribution in [0.3, 0.4) is 0 Å². The first-order valence-electron chi connectivity index (χ1n) is 3.27. The van der Waals surface area contributed by atoms with Gasteiger partial charge in [-0.15, -0.1) is 0 Å². The van der Waals surface area contributed by atoms with Crippen molar-refractivity contribution in [3.05, 3.63) is 22.6 Å². The number of H-pyrrole nitrogens is 1. The van der Waals surface area contributed by atoms with Crippen molar-refractivity contribution in [2.24, 2.45) is 0 Å². The van der Waals surface area contributed by atoms with Crippen LogP contribution in [0.4, 0.5) is 0 Å². The van der Waals surface area contributed by atoms with E-state index in [1.54, 1.807) is 0 Å². The highest BCUT2D eigenvalue weighted by atomic mass is 32.2. The van der Waals surface area contributed by atoms with Gasteiger partial charge in [0.2, 0.25) is 0 Å². The van der Waals surface area contributed by atoms with Crippen LogP contribution in [0.15, 0.2) is 22.2 Å². The van der Waals surface area contributed by atoms with E-state index in [1.165, 1.54) is 31.1 Å². The largest absolute Gasteiger partial charge is 0.304 e. The number of hydroxylamine groups is 1. The molecule has 66 valence electrons. The number of rotatable bonds is 4. The van der Waals surface area contributed by atoms with Crippen molar-refractivity contribution in [2.45, 2.75) is 5.16 Å². The second-order valence-corrected chi connectivity index (χ2v) is 2.84. The Kier molecular flexibility index (Phi) is 3.78. The zero-order valence-electron chi connectivity index (χ0n) is 6.53. The molecule has 1 aromatic heterocycles. The number of hydrogen-bond acceptors (Lipinski definition) is 5. The van der Waals surface area contributed by atoms with Gasteiger partial charge in [0.15, 0.2) is 5.16 Å². The highest BCUT2D eigenvalue weighted by Crippen LogP contribution is 2.06. The zero-order chi connectivity index (χ0) is 8.81. The molecule has 6 heteroatoms. The third-order valence-corrected chi connectivity index (χ3v) is 1.80. The predicted molar refractivity (Wildman–Crippen MR) is 45.7 cm³/mol.